The maximum atomic E-state index is 13.4. The van der Waals surface area contributed by atoms with Crippen molar-refractivity contribution in [2.24, 2.45) is 0 Å². The maximum Gasteiger partial charge on any atom is 0.244 e. The summed E-state index contributed by atoms with van der Waals surface area (Å²) < 4.78 is 26.0. The molecule has 0 saturated heterocycles. The molecule has 1 unspecified atom stereocenters. The first-order chi connectivity index (χ1) is 15.3. The Balaban J connectivity index is 2.40. The lowest BCUT2D eigenvalue weighted by atomic mass is 10.1. The van der Waals surface area contributed by atoms with Crippen molar-refractivity contribution >= 4 is 62.3 Å². The van der Waals surface area contributed by atoms with Crippen LogP contribution >= 0.6 is 34.8 Å². The van der Waals surface area contributed by atoms with Gasteiger partial charge in [0.1, 0.15) is 12.6 Å². The van der Waals surface area contributed by atoms with Gasteiger partial charge in [-0.3, -0.25) is 13.9 Å². The highest BCUT2D eigenvalue weighted by Crippen LogP contribution is 2.28. The average Bonchev–Trinajstić information content (AvgIpc) is 2.71. The Morgan fingerprint density at radius 1 is 0.970 bits per heavy atom. The number of sulfonamides is 1. The van der Waals surface area contributed by atoms with Gasteiger partial charge >= 0.3 is 0 Å². The van der Waals surface area contributed by atoms with Crippen LogP contribution in [0.15, 0.2) is 42.5 Å². The smallest absolute Gasteiger partial charge is 0.244 e. The van der Waals surface area contributed by atoms with Crippen molar-refractivity contribution in [2.45, 2.75) is 39.4 Å². The molecule has 0 spiro atoms. The molecule has 0 aromatic heterocycles. The monoisotopic (exact) mass is 533 g/mol. The van der Waals surface area contributed by atoms with Crippen LogP contribution in [0.3, 0.4) is 0 Å². The fraction of sp³-hybridized carbons (Fsp3) is 0.364. The van der Waals surface area contributed by atoms with Crippen molar-refractivity contribution in [2.75, 3.05) is 17.1 Å². The van der Waals surface area contributed by atoms with Crippen LogP contribution in [0.5, 0.6) is 0 Å². The number of halogens is 3. The largest absolute Gasteiger partial charge is 0.352 e. The van der Waals surface area contributed by atoms with Crippen LogP contribution in [0.1, 0.15) is 26.3 Å². The number of hydrogen-bond donors (Lipinski definition) is 1. The molecule has 0 radical (unpaired) electrons. The summed E-state index contributed by atoms with van der Waals surface area (Å²) in [6.45, 7) is 4.78. The van der Waals surface area contributed by atoms with Gasteiger partial charge in [-0.15, -0.1) is 0 Å². The molecule has 2 rings (SSSR count). The molecule has 0 aliphatic rings. The number of amides is 2. The van der Waals surface area contributed by atoms with Crippen LogP contribution in [0.4, 0.5) is 5.69 Å². The summed E-state index contributed by atoms with van der Waals surface area (Å²) in [5.74, 6) is -0.916. The van der Waals surface area contributed by atoms with Crippen molar-refractivity contribution in [3.05, 3.63) is 63.1 Å². The first-order valence-corrected chi connectivity index (χ1v) is 13.0. The molecule has 1 N–H and O–H groups in total. The zero-order chi connectivity index (χ0) is 24.9. The molecule has 0 fully saturated rings. The number of hydrogen-bond acceptors (Lipinski definition) is 4. The number of anilines is 1. The summed E-state index contributed by atoms with van der Waals surface area (Å²) in [7, 11) is -3.85. The highest BCUT2D eigenvalue weighted by molar-refractivity contribution is 7.92. The second-order valence-electron chi connectivity index (χ2n) is 7.86. The van der Waals surface area contributed by atoms with E-state index in [1.54, 1.807) is 31.2 Å². The van der Waals surface area contributed by atoms with E-state index in [0.29, 0.717) is 5.02 Å². The number of nitrogens with one attached hydrogen (secondary N) is 1. The lowest BCUT2D eigenvalue weighted by molar-refractivity contribution is -0.139. The van der Waals surface area contributed by atoms with Crippen LogP contribution in [-0.2, 0) is 26.2 Å². The molecular formula is C22H26Cl3N3O4S. The van der Waals surface area contributed by atoms with Gasteiger partial charge in [-0.1, -0.05) is 46.9 Å². The summed E-state index contributed by atoms with van der Waals surface area (Å²) >= 11 is 18.0. The molecule has 2 aromatic rings. The van der Waals surface area contributed by atoms with Crippen molar-refractivity contribution in [1.29, 1.82) is 0 Å². The van der Waals surface area contributed by atoms with E-state index in [4.69, 9.17) is 34.8 Å². The standard InChI is InChI=1S/C22H26Cl3N3O4S/c1-14(2)26-22(30)15(3)27(12-16-5-7-17(23)8-6-16)21(29)13-28(33(4,31)32)18-9-10-19(24)20(25)11-18/h5-11,14-15H,12-13H2,1-4H3,(H,26,30). The van der Waals surface area contributed by atoms with Gasteiger partial charge in [0.15, 0.2) is 0 Å². The quantitative estimate of drug-likeness (QED) is 0.518. The highest BCUT2D eigenvalue weighted by Gasteiger charge is 2.30. The van der Waals surface area contributed by atoms with E-state index in [-0.39, 0.29) is 34.2 Å². The molecule has 0 heterocycles. The zero-order valence-corrected chi connectivity index (χ0v) is 21.8. The van der Waals surface area contributed by atoms with Gasteiger partial charge in [-0.05, 0) is 56.7 Å². The lowest BCUT2D eigenvalue weighted by Crippen LogP contribution is -2.52. The third-order valence-electron chi connectivity index (χ3n) is 4.73. The minimum atomic E-state index is -3.85. The first kappa shape index (κ1) is 27.2. The molecule has 11 heteroatoms. The number of carbonyl (C=O) groups excluding carboxylic acids is 2. The Morgan fingerprint density at radius 3 is 2.09 bits per heavy atom. The summed E-state index contributed by atoms with van der Waals surface area (Å²) in [6.07, 6.45) is 0.987. The van der Waals surface area contributed by atoms with Gasteiger partial charge in [0.25, 0.3) is 0 Å². The van der Waals surface area contributed by atoms with E-state index in [2.05, 4.69) is 5.32 Å². The fourth-order valence-corrected chi connectivity index (χ4v) is 4.29. The van der Waals surface area contributed by atoms with Crippen molar-refractivity contribution in [3.8, 4) is 0 Å². The summed E-state index contributed by atoms with van der Waals surface area (Å²) in [5, 5.41) is 3.72. The Labute approximate surface area is 209 Å². The Hall–Kier alpha value is -2.00. The molecule has 0 aliphatic carbocycles. The van der Waals surface area contributed by atoms with Crippen LogP contribution in [0.25, 0.3) is 0 Å². The predicted molar refractivity (Wildman–Crippen MR) is 133 cm³/mol. The fourth-order valence-electron chi connectivity index (χ4n) is 3.03. The van der Waals surface area contributed by atoms with Crippen molar-refractivity contribution in [3.63, 3.8) is 0 Å². The SMILES string of the molecule is CC(C)NC(=O)C(C)N(Cc1ccc(Cl)cc1)C(=O)CN(c1ccc(Cl)c(Cl)c1)S(C)(=O)=O. The molecule has 33 heavy (non-hydrogen) atoms. The Kier molecular flexibility index (Phi) is 9.43. The predicted octanol–water partition coefficient (Wildman–Crippen LogP) is 4.35. The number of benzene rings is 2. The summed E-state index contributed by atoms with van der Waals surface area (Å²) in [5.41, 5.74) is 0.920. The lowest BCUT2D eigenvalue weighted by Gasteiger charge is -2.32. The Morgan fingerprint density at radius 2 is 1.58 bits per heavy atom. The van der Waals surface area contributed by atoms with E-state index >= 15 is 0 Å². The van der Waals surface area contributed by atoms with Crippen molar-refractivity contribution in [1.82, 2.24) is 10.2 Å². The van der Waals surface area contributed by atoms with Crippen LogP contribution in [-0.4, -0.2) is 50.0 Å². The zero-order valence-electron chi connectivity index (χ0n) is 18.7. The van der Waals surface area contributed by atoms with E-state index in [1.165, 1.54) is 23.1 Å². The van der Waals surface area contributed by atoms with Gasteiger partial charge in [0.2, 0.25) is 21.8 Å². The highest BCUT2D eigenvalue weighted by atomic mass is 35.5. The molecule has 0 bridgehead atoms. The number of nitrogens with zero attached hydrogens (tertiary/aromatic N) is 2. The molecule has 2 amide bonds. The third kappa shape index (κ3) is 7.78. The van der Waals surface area contributed by atoms with E-state index in [0.717, 1.165) is 16.1 Å². The van der Waals surface area contributed by atoms with Gasteiger partial charge in [0, 0.05) is 17.6 Å². The van der Waals surface area contributed by atoms with Gasteiger partial charge < -0.3 is 10.2 Å². The van der Waals surface area contributed by atoms with Gasteiger partial charge in [-0.25, -0.2) is 8.42 Å². The Bertz CT molecular complexity index is 1110. The average molecular weight is 535 g/mol. The van der Waals surface area contributed by atoms with E-state index in [1.807, 2.05) is 13.8 Å². The summed E-state index contributed by atoms with van der Waals surface area (Å²) in [4.78, 5) is 27.4. The normalized spacial score (nSPS) is 12.4. The third-order valence-corrected chi connectivity index (χ3v) is 6.87. The van der Waals surface area contributed by atoms with Crippen molar-refractivity contribution < 1.29 is 18.0 Å². The second kappa shape index (κ2) is 11.4. The first-order valence-electron chi connectivity index (χ1n) is 10.1. The minimum Gasteiger partial charge on any atom is -0.352 e. The summed E-state index contributed by atoms with van der Waals surface area (Å²) in [6, 6.07) is 10.1. The van der Waals surface area contributed by atoms with Crippen LogP contribution in [0, 0.1) is 0 Å². The maximum absolute atomic E-state index is 13.4. The molecule has 180 valence electrons. The van der Waals surface area contributed by atoms with Gasteiger partial charge in [0.05, 0.1) is 22.0 Å². The molecular weight excluding hydrogens is 509 g/mol. The minimum absolute atomic E-state index is 0.0850. The molecule has 0 saturated carbocycles. The molecule has 1 atom stereocenters. The van der Waals surface area contributed by atoms with Crippen LogP contribution in [0.2, 0.25) is 15.1 Å². The second-order valence-corrected chi connectivity index (χ2v) is 11.0. The molecule has 7 nitrogen and oxygen atoms in total. The number of carbonyl (C=O) groups is 2. The van der Waals surface area contributed by atoms with E-state index < -0.39 is 28.5 Å². The van der Waals surface area contributed by atoms with Gasteiger partial charge in [-0.2, -0.15) is 0 Å². The topological polar surface area (TPSA) is 86.8 Å². The molecule has 2 aromatic carbocycles. The number of rotatable bonds is 9. The van der Waals surface area contributed by atoms with E-state index in [9.17, 15) is 18.0 Å². The molecule has 0 aliphatic heterocycles. The van der Waals surface area contributed by atoms with Crippen LogP contribution < -0.4 is 9.62 Å².